The summed E-state index contributed by atoms with van der Waals surface area (Å²) in [6.45, 7) is 4.13. The lowest BCUT2D eigenvalue weighted by Gasteiger charge is -2.36. The van der Waals surface area contributed by atoms with Crippen molar-refractivity contribution in [3.05, 3.63) is 66.7 Å². The van der Waals surface area contributed by atoms with Gasteiger partial charge in [0.2, 0.25) is 0 Å². The van der Waals surface area contributed by atoms with Gasteiger partial charge >= 0.3 is 6.03 Å². The number of nitrogens with zero attached hydrogens (tertiary/aromatic N) is 5. The van der Waals surface area contributed by atoms with Gasteiger partial charge < -0.3 is 10.6 Å². The minimum atomic E-state index is -0.179. The minimum Gasteiger partial charge on any atom is -0.335 e. The molecule has 2 amide bonds. The molecule has 2 aromatic heterocycles. The van der Waals surface area contributed by atoms with Crippen LogP contribution in [-0.4, -0.2) is 50.0 Å². The zero-order valence-electron chi connectivity index (χ0n) is 16.4. The maximum Gasteiger partial charge on any atom is 0.319 e. The van der Waals surface area contributed by atoms with E-state index >= 15 is 0 Å². The Labute approximate surface area is 169 Å². The molecule has 0 bridgehead atoms. The summed E-state index contributed by atoms with van der Waals surface area (Å²) >= 11 is 0. The molecule has 8 nitrogen and oxygen atoms in total. The topological polar surface area (TPSA) is 88.0 Å². The van der Waals surface area contributed by atoms with Crippen LogP contribution in [0.4, 0.5) is 10.5 Å². The molecule has 4 rings (SSSR count). The number of aromatic nitrogens is 4. The summed E-state index contributed by atoms with van der Waals surface area (Å²) in [4.78, 5) is 19.0. The number of amides is 2. The van der Waals surface area contributed by atoms with E-state index in [4.69, 9.17) is 0 Å². The Bertz CT molecular complexity index is 921. The molecule has 0 radical (unpaired) electrons. The number of nitrogens with one attached hydrogen (secondary N) is 2. The van der Waals surface area contributed by atoms with Crippen LogP contribution in [0.25, 0.3) is 5.69 Å². The maximum absolute atomic E-state index is 12.4. The number of carbonyl (C=O) groups excluding carboxylic acids is 1. The van der Waals surface area contributed by atoms with E-state index in [9.17, 15) is 4.79 Å². The first-order valence-corrected chi connectivity index (χ1v) is 9.87. The maximum atomic E-state index is 12.4. The second-order valence-electron chi connectivity index (χ2n) is 7.26. The van der Waals surface area contributed by atoms with E-state index in [1.807, 2.05) is 36.7 Å². The van der Waals surface area contributed by atoms with Crippen LogP contribution >= 0.6 is 0 Å². The van der Waals surface area contributed by atoms with Gasteiger partial charge in [0.15, 0.2) is 0 Å². The predicted octanol–water partition coefficient (Wildman–Crippen LogP) is 3.01. The van der Waals surface area contributed by atoms with Gasteiger partial charge in [-0.05, 0) is 55.7 Å². The van der Waals surface area contributed by atoms with E-state index in [1.54, 1.807) is 17.1 Å². The van der Waals surface area contributed by atoms with E-state index in [0.29, 0.717) is 6.04 Å². The quantitative estimate of drug-likeness (QED) is 0.698. The predicted molar refractivity (Wildman–Crippen MR) is 111 cm³/mol. The Kier molecular flexibility index (Phi) is 5.81. The van der Waals surface area contributed by atoms with Crippen molar-refractivity contribution in [2.75, 3.05) is 18.4 Å². The van der Waals surface area contributed by atoms with Crippen molar-refractivity contribution < 1.29 is 4.79 Å². The van der Waals surface area contributed by atoms with Crippen molar-refractivity contribution in [1.82, 2.24) is 30.2 Å². The fraction of sp³-hybridized carbons (Fsp3) is 0.333. The van der Waals surface area contributed by atoms with Crippen LogP contribution < -0.4 is 10.6 Å². The molecular formula is C21H25N7O. The van der Waals surface area contributed by atoms with Gasteiger partial charge in [-0.15, -0.1) is 5.10 Å². The molecule has 8 heteroatoms. The average molecular weight is 391 g/mol. The Morgan fingerprint density at radius 1 is 1.14 bits per heavy atom. The van der Waals surface area contributed by atoms with Crippen LogP contribution in [0, 0.1) is 0 Å². The Hall–Kier alpha value is -3.26. The lowest BCUT2D eigenvalue weighted by Crippen LogP contribution is -2.46. The zero-order chi connectivity index (χ0) is 20.1. The first-order chi connectivity index (χ1) is 14.2. The molecule has 1 aromatic carbocycles. The van der Waals surface area contributed by atoms with Crippen molar-refractivity contribution in [2.24, 2.45) is 0 Å². The number of pyridine rings is 1. The molecule has 0 aliphatic carbocycles. The lowest BCUT2D eigenvalue weighted by atomic mass is 10.0. The molecule has 150 valence electrons. The monoisotopic (exact) mass is 391 g/mol. The standard InChI is InChI=1S/C21H25N7O/c1-16(17-5-9-22-10-6-17)27-12-7-18(8-13-27)24-21(29)25-19-3-2-4-20(15-19)28-14-11-23-26-28/h2-6,9-11,14-16,18H,7-8,12-13H2,1H3,(H2,24,25,29). The molecule has 3 heterocycles. The van der Waals surface area contributed by atoms with Crippen molar-refractivity contribution >= 4 is 11.7 Å². The highest BCUT2D eigenvalue weighted by molar-refractivity contribution is 5.89. The lowest BCUT2D eigenvalue weighted by molar-refractivity contribution is 0.154. The van der Waals surface area contributed by atoms with Crippen molar-refractivity contribution in [3.63, 3.8) is 0 Å². The van der Waals surface area contributed by atoms with Crippen LogP contribution in [0.1, 0.15) is 31.4 Å². The molecule has 0 saturated carbocycles. The fourth-order valence-corrected chi connectivity index (χ4v) is 3.71. The van der Waals surface area contributed by atoms with E-state index in [-0.39, 0.29) is 12.1 Å². The first kappa shape index (κ1) is 19.1. The summed E-state index contributed by atoms with van der Waals surface area (Å²) in [6, 6.07) is 12.0. The summed E-state index contributed by atoms with van der Waals surface area (Å²) < 4.78 is 1.66. The van der Waals surface area contributed by atoms with Gasteiger partial charge in [0, 0.05) is 43.3 Å². The highest BCUT2D eigenvalue weighted by Crippen LogP contribution is 2.23. The van der Waals surface area contributed by atoms with Crippen molar-refractivity contribution in [1.29, 1.82) is 0 Å². The van der Waals surface area contributed by atoms with E-state index in [2.05, 4.69) is 49.9 Å². The molecular weight excluding hydrogens is 366 g/mol. The Morgan fingerprint density at radius 2 is 1.93 bits per heavy atom. The third-order valence-corrected chi connectivity index (χ3v) is 5.39. The van der Waals surface area contributed by atoms with E-state index in [0.717, 1.165) is 37.3 Å². The van der Waals surface area contributed by atoms with Gasteiger partial charge in [0.05, 0.1) is 18.1 Å². The van der Waals surface area contributed by atoms with Gasteiger partial charge in [-0.2, -0.15) is 0 Å². The summed E-state index contributed by atoms with van der Waals surface area (Å²) in [6.07, 6.45) is 8.92. The van der Waals surface area contributed by atoms with Crippen molar-refractivity contribution in [3.8, 4) is 5.69 Å². The number of hydrogen-bond acceptors (Lipinski definition) is 5. The summed E-state index contributed by atoms with van der Waals surface area (Å²) in [5.74, 6) is 0. The van der Waals surface area contributed by atoms with Crippen molar-refractivity contribution in [2.45, 2.75) is 31.8 Å². The number of urea groups is 1. The number of piperidine rings is 1. The van der Waals surface area contributed by atoms with Crippen LogP contribution in [0.2, 0.25) is 0 Å². The van der Waals surface area contributed by atoms with Crippen LogP contribution in [0.3, 0.4) is 0 Å². The third-order valence-electron chi connectivity index (χ3n) is 5.39. The number of hydrogen-bond donors (Lipinski definition) is 2. The average Bonchev–Trinajstić information content (AvgIpc) is 3.30. The summed E-state index contributed by atoms with van der Waals surface area (Å²) in [5.41, 5.74) is 2.84. The number of rotatable bonds is 5. The molecule has 1 aliphatic heterocycles. The number of anilines is 1. The Morgan fingerprint density at radius 3 is 2.66 bits per heavy atom. The smallest absolute Gasteiger partial charge is 0.319 e. The Balaban J connectivity index is 1.28. The molecule has 3 aromatic rings. The van der Waals surface area contributed by atoms with Gasteiger partial charge in [-0.3, -0.25) is 9.88 Å². The van der Waals surface area contributed by atoms with Crippen LogP contribution in [0.5, 0.6) is 0 Å². The molecule has 1 atom stereocenters. The SMILES string of the molecule is CC(c1ccncc1)N1CCC(NC(=O)Nc2cccc(-n3ccnn3)c2)CC1. The molecule has 1 unspecified atom stereocenters. The summed E-state index contributed by atoms with van der Waals surface area (Å²) in [7, 11) is 0. The molecule has 1 fully saturated rings. The number of benzene rings is 1. The highest BCUT2D eigenvalue weighted by Gasteiger charge is 2.24. The third kappa shape index (κ3) is 4.78. The molecule has 29 heavy (non-hydrogen) atoms. The molecule has 2 N–H and O–H groups in total. The van der Waals surface area contributed by atoms with Gasteiger partial charge in [-0.25, -0.2) is 9.48 Å². The van der Waals surface area contributed by atoms with Crippen LogP contribution in [-0.2, 0) is 0 Å². The van der Waals surface area contributed by atoms with Gasteiger partial charge in [0.1, 0.15) is 0 Å². The van der Waals surface area contributed by atoms with E-state index in [1.165, 1.54) is 5.56 Å². The fourth-order valence-electron chi connectivity index (χ4n) is 3.71. The van der Waals surface area contributed by atoms with E-state index < -0.39 is 0 Å². The number of likely N-dealkylation sites (tertiary alicyclic amines) is 1. The molecule has 0 spiro atoms. The largest absolute Gasteiger partial charge is 0.335 e. The molecule has 1 saturated heterocycles. The minimum absolute atomic E-state index is 0.175. The highest BCUT2D eigenvalue weighted by atomic mass is 16.2. The zero-order valence-corrected chi connectivity index (χ0v) is 16.4. The normalized spacial score (nSPS) is 16.3. The second kappa shape index (κ2) is 8.83. The second-order valence-corrected chi connectivity index (χ2v) is 7.26. The van der Waals surface area contributed by atoms with Gasteiger partial charge in [-0.1, -0.05) is 11.3 Å². The molecule has 1 aliphatic rings. The summed E-state index contributed by atoms with van der Waals surface area (Å²) in [5, 5.41) is 13.8. The first-order valence-electron chi connectivity index (χ1n) is 9.87. The number of carbonyl (C=O) groups is 1. The van der Waals surface area contributed by atoms with Gasteiger partial charge in [0.25, 0.3) is 0 Å². The van der Waals surface area contributed by atoms with Crippen LogP contribution in [0.15, 0.2) is 61.2 Å².